The van der Waals surface area contributed by atoms with E-state index in [-0.39, 0.29) is 51.8 Å². The molecule has 2 amide bonds. The van der Waals surface area contributed by atoms with E-state index in [9.17, 15) is 34.5 Å². The van der Waals surface area contributed by atoms with Crippen LogP contribution in [0.4, 0.5) is 11.4 Å². The molecule has 4 rings (SSSR count). The molecule has 40 heavy (non-hydrogen) atoms. The Hall–Kier alpha value is -5.64. The monoisotopic (exact) mass is 540 g/mol. The fraction of sp³-hybridized carbons (Fsp3) is 0.0667. The van der Waals surface area contributed by atoms with Gasteiger partial charge in [-0.15, -0.1) is 0 Å². The minimum Gasteiger partial charge on any atom is -0.506 e. The summed E-state index contributed by atoms with van der Waals surface area (Å²) in [7, 11) is 0. The number of phenols is 2. The average Bonchev–Trinajstić information content (AvgIpc) is 2.92. The first-order chi connectivity index (χ1) is 19.1. The van der Waals surface area contributed by atoms with Gasteiger partial charge in [-0.05, 0) is 84.6 Å². The van der Waals surface area contributed by atoms with Crippen LogP contribution in [0.25, 0.3) is 11.1 Å². The van der Waals surface area contributed by atoms with Gasteiger partial charge in [-0.1, -0.05) is 24.3 Å². The number of benzene rings is 4. The third-order valence-electron chi connectivity index (χ3n) is 6.18. The molecule has 0 saturated heterocycles. The Morgan fingerprint density at radius 1 is 0.700 bits per heavy atom. The smallest absolute Gasteiger partial charge is 0.335 e. The van der Waals surface area contributed by atoms with Crippen LogP contribution in [0.5, 0.6) is 17.2 Å². The lowest BCUT2D eigenvalue weighted by Gasteiger charge is -2.12. The van der Waals surface area contributed by atoms with Crippen LogP contribution in [-0.2, 0) is 4.79 Å². The summed E-state index contributed by atoms with van der Waals surface area (Å²) in [5, 5.41) is 35.5. The van der Waals surface area contributed by atoms with Crippen molar-refractivity contribution in [2.24, 2.45) is 0 Å². The topological polar surface area (TPSA) is 162 Å². The van der Waals surface area contributed by atoms with E-state index in [4.69, 9.17) is 4.74 Å². The van der Waals surface area contributed by atoms with Crippen LogP contribution in [-0.4, -0.2) is 39.6 Å². The van der Waals surface area contributed by atoms with Crippen molar-refractivity contribution in [1.29, 1.82) is 0 Å². The van der Waals surface area contributed by atoms with Crippen molar-refractivity contribution in [2.45, 2.75) is 13.8 Å². The van der Waals surface area contributed by atoms with E-state index in [2.05, 4.69) is 10.6 Å². The fourth-order valence-corrected chi connectivity index (χ4v) is 3.94. The number of aromatic hydroxyl groups is 2. The Morgan fingerprint density at radius 3 is 1.68 bits per heavy atom. The Morgan fingerprint density at radius 2 is 1.20 bits per heavy atom. The summed E-state index contributed by atoms with van der Waals surface area (Å²) in [6, 6.07) is 17.9. The Labute approximate surface area is 228 Å². The zero-order valence-corrected chi connectivity index (χ0v) is 21.4. The van der Waals surface area contributed by atoms with Crippen LogP contribution in [0.15, 0.2) is 72.8 Å². The molecule has 4 aromatic rings. The van der Waals surface area contributed by atoms with E-state index in [1.165, 1.54) is 48.5 Å². The fourth-order valence-electron chi connectivity index (χ4n) is 3.94. The lowest BCUT2D eigenvalue weighted by atomic mass is 10.0. The molecular weight excluding hydrogens is 516 g/mol. The maximum Gasteiger partial charge on any atom is 0.335 e. The molecule has 0 aliphatic carbocycles. The first kappa shape index (κ1) is 27.4. The van der Waals surface area contributed by atoms with Crippen LogP contribution in [0.3, 0.4) is 0 Å². The number of rotatable bonds is 8. The number of anilines is 2. The zero-order chi connectivity index (χ0) is 29.0. The minimum atomic E-state index is -1.15. The van der Waals surface area contributed by atoms with Gasteiger partial charge < -0.3 is 30.7 Å². The molecule has 10 nitrogen and oxygen atoms in total. The van der Waals surface area contributed by atoms with Gasteiger partial charge in [-0.2, -0.15) is 0 Å². The highest BCUT2D eigenvalue weighted by Crippen LogP contribution is 2.34. The predicted molar refractivity (Wildman–Crippen MR) is 147 cm³/mol. The van der Waals surface area contributed by atoms with Crippen molar-refractivity contribution >= 4 is 35.6 Å². The van der Waals surface area contributed by atoms with Crippen molar-refractivity contribution in [3.05, 3.63) is 101 Å². The van der Waals surface area contributed by atoms with Crippen LogP contribution in [0.1, 0.15) is 42.2 Å². The molecule has 0 radical (unpaired) electrons. The maximum absolute atomic E-state index is 12.7. The molecule has 202 valence electrons. The average molecular weight is 541 g/mol. The zero-order valence-electron chi connectivity index (χ0n) is 21.4. The third kappa shape index (κ3) is 5.91. The van der Waals surface area contributed by atoms with E-state index >= 15 is 0 Å². The summed E-state index contributed by atoms with van der Waals surface area (Å²) in [5.41, 5.74) is 2.81. The van der Waals surface area contributed by atoms with Crippen molar-refractivity contribution in [3.63, 3.8) is 0 Å². The summed E-state index contributed by atoms with van der Waals surface area (Å²) in [4.78, 5) is 47.3. The second kappa shape index (κ2) is 11.4. The van der Waals surface area contributed by atoms with E-state index in [1.54, 1.807) is 38.1 Å². The number of hydrogen-bond donors (Lipinski definition) is 5. The number of hydrogen-bond acceptors (Lipinski definition) is 7. The molecule has 10 heteroatoms. The van der Waals surface area contributed by atoms with Crippen molar-refractivity contribution < 1.29 is 39.2 Å². The number of phenolic OH excluding ortho intramolecular Hbond substituents is 2. The number of amides is 2. The molecule has 4 aromatic carbocycles. The predicted octanol–water partition coefficient (Wildman–Crippen LogP) is 5.12. The largest absolute Gasteiger partial charge is 0.506 e. The molecule has 0 fully saturated rings. The molecule has 5 N–H and O–H groups in total. The van der Waals surface area contributed by atoms with Gasteiger partial charge in [-0.3, -0.25) is 14.4 Å². The number of carbonyl (C=O) groups is 4. The molecule has 0 aliphatic heterocycles. The molecule has 0 aromatic heterocycles. The summed E-state index contributed by atoms with van der Waals surface area (Å²) in [6.45, 7) is 3.62. The number of carboxylic acids is 1. The van der Waals surface area contributed by atoms with Gasteiger partial charge in [-0.25, -0.2) is 4.79 Å². The van der Waals surface area contributed by atoms with Gasteiger partial charge in [0.1, 0.15) is 17.2 Å². The van der Waals surface area contributed by atoms with Gasteiger partial charge in [0.15, 0.2) is 0 Å². The van der Waals surface area contributed by atoms with Gasteiger partial charge in [0.25, 0.3) is 18.3 Å². The first-order valence-corrected chi connectivity index (χ1v) is 11.9. The van der Waals surface area contributed by atoms with Crippen LogP contribution in [0.2, 0.25) is 0 Å². The molecule has 0 aliphatic rings. The lowest BCUT2D eigenvalue weighted by Crippen LogP contribution is -2.13. The number of ether oxygens (including phenoxy) is 1. The van der Waals surface area contributed by atoms with Crippen molar-refractivity contribution in [3.8, 4) is 28.4 Å². The molecule has 0 unspecified atom stereocenters. The SMILES string of the molecule is Cc1ccc(C(=O)Nc2ccc(-c3ccc(NC(=O)c4ccc(C)c(C(=O)O)c4)c(O)c3)cc2O)cc1OC=O. The van der Waals surface area contributed by atoms with E-state index in [0.29, 0.717) is 22.3 Å². The molecule has 0 spiro atoms. The summed E-state index contributed by atoms with van der Waals surface area (Å²) >= 11 is 0. The third-order valence-corrected chi connectivity index (χ3v) is 6.18. The molecule has 0 saturated carbocycles. The highest BCUT2D eigenvalue weighted by atomic mass is 16.5. The Kier molecular flexibility index (Phi) is 7.81. The van der Waals surface area contributed by atoms with E-state index < -0.39 is 17.8 Å². The second-order valence-electron chi connectivity index (χ2n) is 8.90. The van der Waals surface area contributed by atoms with Crippen LogP contribution < -0.4 is 15.4 Å². The second-order valence-corrected chi connectivity index (χ2v) is 8.90. The molecule has 0 bridgehead atoms. The minimum absolute atomic E-state index is 0.00203. The Balaban J connectivity index is 1.49. The standard InChI is InChI=1S/C30H24N2O8/c1-16-3-5-20(11-22(16)30(38)39)28(36)31-23-9-7-18(12-25(23)34)19-8-10-24(26(35)13-19)32-29(37)21-6-4-17(2)27(14-21)40-15-33/h3-15,34-35H,1-2H3,(H,31,36)(H,32,37)(H,38,39). The quantitative estimate of drug-likeness (QED) is 0.152. The number of aryl methyl sites for hydroxylation is 2. The number of carbonyl (C=O) groups excluding carboxylic acids is 3. The number of aromatic carboxylic acids is 1. The highest BCUT2D eigenvalue weighted by Gasteiger charge is 2.16. The van der Waals surface area contributed by atoms with Gasteiger partial charge in [0, 0.05) is 11.1 Å². The van der Waals surface area contributed by atoms with Crippen molar-refractivity contribution in [2.75, 3.05) is 10.6 Å². The molecule has 0 heterocycles. The summed E-state index contributed by atoms with van der Waals surface area (Å²) in [6.07, 6.45) is 0. The van der Waals surface area contributed by atoms with Gasteiger partial charge in [0.2, 0.25) is 0 Å². The molecule has 0 atom stereocenters. The maximum atomic E-state index is 12.7. The lowest BCUT2D eigenvalue weighted by molar-refractivity contribution is -0.120. The first-order valence-electron chi connectivity index (χ1n) is 11.9. The van der Waals surface area contributed by atoms with Gasteiger partial charge in [0.05, 0.1) is 16.9 Å². The van der Waals surface area contributed by atoms with E-state index in [0.717, 1.165) is 0 Å². The number of nitrogens with one attached hydrogen (secondary N) is 2. The van der Waals surface area contributed by atoms with Crippen LogP contribution in [0, 0.1) is 13.8 Å². The van der Waals surface area contributed by atoms with Gasteiger partial charge >= 0.3 is 5.97 Å². The van der Waals surface area contributed by atoms with Crippen LogP contribution >= 0.6 is 0 Å². The normalized spacial score (nSPS) is 10.4. The summed E-state index contributed by atoms with van der Waals surface area (Å²) in [5.74, 6) is -2.51. The molecular formula is C30H24N2O8. The summed E-state index contributed by atoms with van der Waals surface area (Å²) < 4.78 is 4.87. The Bertz CT molecular complexity index is 1660. The highest BCUT2D eigenvalue weighted by molar-refractivity contribution is 6.07. The van der Waals surface area contributed by atoms with E-state index in [1.807, 2.05) is 0 Å². The van der Waals surface area contributed by atoms with Crippen molar-refractivity contribution in [1.82, 2.24) is 0 Å². The number of carboxylic acid groups (broad SMARTS) is 1.